The van der Waals surface area contributed by atoms with Crippen molar-refractivity contribution in [2.24, 2.45) is 5.92 Å². The van der Waals surface area contributed by atoms with E-state index in [-0.39, 0.29) is 42.3 Å². The molecule has 2 amide bonds. The van der Waals surface area contributed by atoms with Gasteiger partial charge in [0.25, 0.3) is 5.91 Å². The Kier molecular flexibility index (Phi) is 8.60. The summed E-state index contributed by atoms with van der Waals surface area (Å²) in [6.45, 7) is 2.83. The van der Waals surface area contributed by atoms with Crippen LogP contribution in [0.2, 0.25) is 0 Å². The number of piperidine rings is 1. The highest BCUT2D eigenvalue weighted by Crippen LogP contribution is 2.36. The van der Waals surface area contributed by atoms with Crippen LogP contribution in [-0.2, 0) is 26.0 Å². The third-order valence-electron chi connectivity index (χ3n) is 7.70. The molecule has 0 spiro atoms. The van der Waals surface area contributed by atoms with Crippen LogP contribution in [0.25, 0.3) is 0 Å². The van der Waals surface area contributed by atoms with Gasteiger partial charge in [-0.3, -0.25) is 9.59 Å². The van der Waals surface area contributed by atoms with Gasteiger partial charge < -0.3 is 19.7 Å². The standard InChI is InChI=1S/C31H35N3O6S/c1-22-20-25(12-13-27(22)39-2)41(37,38)33-18-15-24(16-19-33)31(36)34-21-29(40-28-11-7-6-10-26(28)34)30(35)32-17-14-23-8-4-3-5-9-23/h3-13,20,24,29H,14-19,21H2,1-2H3,(H,32,35)/t29-/m0/s1. The van der Waals surface area contributed by atoms with Crippen LogP contribution < -0.4 is 19.7 Å². The zero-order valence-corrected chi connectivity index (χ0v) is 24.1. The normalized spacial score (nSPS) is 17.8. The van der Waals surface area contributed by atoms with Crippen LogP contribution in [0.5, 0.6) is 11.5 Å². The lowest BCUT2D eigenvalue weighted by Crippen LogP contribution is -2.53. The number of nitrogens with one attached hydrogen (secondary N) is 1. The molecule has 3 aromatic carbocycles. The van der Waals surface area contributed by atoms with E-state index >= 15 is 0 Å². The molecule has 1 fully saturated rings. The van der Waals surface area contributed by atoms with Crippen LogP contribution in [-0.4, -0.2) is 63.9 Å². The SMILES string of the molecule is COc1ccc(S(=O)(=O)N2CCC(C(=O)N3C[C@@H](C(=O)NCCc4ccccc4)Oc4ccccc43)CC2)cc1C. The van der Waals surface area contributed by atoms with Crippen LogP contribution in [0.3, 0.4) is 0 Å². The monoisotopic (exact) mass is 577 g/mol. The molecule has 0 saturated carbocycles. The fourth-order valence-corrected chi connectivity index (χ4v) is 6.95. The first-order valence-electron chi connectivity index (χ1n) is 13.8. The number of rotatable bonds is 8. The van der Waals surface area contributed by atoms with Crippen LogP contribution in [0.4, 0.5) is 5.69 Å². The van der Waals surface area contributed by atoms with Gasteiger partial charge in [0.1, 0.15) is 11.5 Å². The summed E-state index contributed by atoms with van der Waals surface area (Å²) < 4.78 is 39.3. The van der Waals surface area contributed by atoms with E-state index in [0.29, 0.717) is 43.0 Å². The second-order valence-corrected chi connectivity index (χ2v) is 12.3. The third-order valence-corrected chi connectivity index (χ3v) is 9.59. The van der Waals surface area contributed by atoms with Gasteiger partial charge in [-0.25, -0.2) is 8.42 Å². The zero-order valence-electron chi connectivity index (χ0n) is 23.3. The first-order chi connectivity index (χ1) is 19.8. The fourth-order valence-electron chi connectivity index (χ4n) is 5.39. The average molecular weight is 578 g/mol. The van der Waals surface area contributed by atoms with Crippen molar-refractivity contribution in [1.82, 2.24) is 9.62 Å². The van der Waals surface area contributed by atoms with Crippen molar-refractivity contribution < 1.29 is 27.5 Å². The minimum absolute atomic E-state index is 0.0939. The molecular formula is C31H35N3O6S. The van der Waals surface area contributed by atoms with Crippen molar-refractivity contribution in [3.63, 3.8) is 0 Å². The Hall–Kier alpha value is -3.89. The van der Waals surface area contributed by atoms with Gasteiger partial charge >= 0.3 is 0 Å². The number of fused-ring (bicyclic) bond motifs is 1. The fraction of sp³-hybridized carbons (Fsp3) is 0.355. The van der Waals surface area contributed by atoms with Crippen molar-refractivity contribution in [1.29, 1.82) is 0 Å². The van der Waals surface area contributed by atoms with Crippen LogP contribution in [0, 0.1) is 12.8 Å². The topological polar surface area (TPSA) is 105 Å². The maximum absolute atomic E-state index is 13.8. The molecule has 0 aromatic heterocycles. The first kappa shape index (κ1) is 28.6. The summed E-state index contributed by atoms with van der Waals surface area (Å²) in [6.07, 6.45) is 0.626. The zero-order chi connectivity index (χ0) is 29.0. The number of methoxy groups -OCH3 is 1. The number of aryl methyl sites for hydroxylation is 1. The summed E-state index contributed by atoms with van der Waals surface area (Å²) >= 11 is 0. The van der Waals surface area contributed by atoms with Gasteiger partial charge in [-0.05, 0) is 67.6 Å². The average Bonchev–Trinajstić information content (AvgIpc) is 3.00. The van der Waals surface area contributed by atoms with E-state index in [1.54, 1.807) is 49.3 Å². The largest absolute Gasteiger partial charge is 0.496 e. The Labute approximate surface area is 241 Å². The number of sulfonamides is 1. The number of amides is 2. The molecule has 2 aliphatic heterocycles. The molecule has 216 valence electrons. The second-order valence-electron chi connectivity index (χ2n) is 10.4. The molecule has 0 unspecified atom stereocenters. The number of ether oxygens (including phenoxy) is 2. The maximum atomic E-state index is 13.8. The van der Waals surface area contributed by atoms with E-state index in [0.717, 1.165) is 11.1 Å². The third kappa shape index (κ3) is 6.23. The summed E-state index contributed by atoms with van der Waals surface area (Å²) in [7, 11) is -2.15. The van der Waals surface area contributed by atoms with E-state index in [9.17, 15) is 18.0 Å². The van der Waals surface area contributed by atoms with Crippen molar-refractivity contribution in [3.05, 3.63) is 83.9 Å². The lowest BCUT2D eigenvalue weighted by Gasteiger charge is -2.38. The summed E-state index contributed by atoms with van der Waals surface area (Å²) in [5.74, 6) is 0.337. The molecule has 0 bridgehead atoms. The van der Waals surface area contributed by atoms with Gasteiger partial charge in [0, 0.05) is 25.6 Å². The van der Waals surface area contributed by atoms with Gasteiger partial charge in [-0.15, -0.1) is 0 Å². The van der Waals surface area contributed by atoms with Gasteiger partial charge in [-0.1, -0.05) is 42.5 Å². The van der Waals surface area contributed by atoms with Crippen molar-refractivity contribution in [2.75, 3.05) is 38.2 Å². The summed E-state index contributed by atoms with van der Waals surface area (Å²) in [6, 6.07) is 21.9. The lowest BCUT2D eigenvalue weighted by molar-refractivity contribution is -0.129. The summed E-state index contributed by atoms with van der Waals surface area (Å²) in [5.41, 5.74) is 2.48. The molecule has 3 aromatic rings. The number of carbonyl (C=O) groups excluding carboxylic acids is 2. The number of carbonyl (C=O) groups is 2. The molecule has 10 heteroatoms. The molecule has 1 saturated heterocycles. The molecule has 5 rings (SSSR count). The van der Waals surface area contributed by atoms with Gasteiger partial charge in [0.15, 0.2) is 6.10 Å². The maximum Gasteiger partial charge on any atom is 0.262 e. The Morgan fingerprint density at radius 1 is 1.00 bits per heavy atom. The molecular weight excluding hydrogens is 542 g/mol. The van der Waals surface area contributed by atoms with Crippen LogP contribution in [0.1, 0.15) is 24.0 Å². The number of para-hydroxylation sites is 2. The molecule has 2 heterocycles. The quantitative estimate of drug-likeness (QED) is 0.439. The Morgan fingerprint density at radius 2 is 1.71 bits per heavy atom. The molecule has 1 N–H and O–H groups in total. The van der Waals surface area contributed by atoms with Crippen molar-refractivity contribution in [2.45, 2.75) is 37.2 Å². The van der Waals surface area contributed by atoms with E-state index < -0.39 is 16.1 Å². The lowest BCUT2D eigenvalue weighted by atomic mass is 9.95. The minimum Gasteiger partial charge on any atom is -0.496 e. The molecule has 2 aliphatic rings. The van der Waals surface area contributed by atoms with E-state index in [1.165, 1.54) is 4.31 Å². The highest BCUT2D eigenvalue weighted by Gasteiger charge is 2.39. The highest BCUT2D eigenvalue weighted by atomic mass is 32.2. The number of hydrogen-bond donors (Lipinski definition) is 1. The summed E-state index contributed by atoms with van der Waals surface area (Å²) in [5, 5.41) is 2.94. The smallest absolute Gasteiger partial charge is 0.262 e. The van der Waals surface area contributed by atoms with Crippen LogP contribution >= 0.6 is 0 Å². The second kappa shape index (κ2) is 12.3. The number of benzene rings is 3. The Balaban J connectivity index is 1.23. The highest BCUT2D eigenvalue weighted by molar-refractivity contribution is 7.89. The van der Waals surface area contributed by atoms with Gasteiger partial charge in [-0.2, -0.15) is 4.31 Å². The van der Waals surface area contributed by atoms with Crippen LogP contribution in [0.15, 0.2) is 77.7 Å². The van der Waals surface area contributed by atoms with E-state index in [2.05, 4.69) is 5.32 Å². The number of hydrogen-bond acceptors (Lipinski definition) is 6. The molecule has 0 radical (unpaired) electrons. The van der Waals surface area contributed by atoms with Gasteiger partial charge in [0.05, 0.1) is 24.2 Å². The first-order valence-corrected chi connectivity index (χ1v) is 15.3. The predicted molar refractivity (Wildman–Crippen MR) is 156 cm³/mol. The number of nitrogens with zero attached hydrogens (tertiary/aromatic N) is 2. The summed E-state index contributed by atoms with van der Waals surface area (Å²) in [4.78, 5) is 28.7. The van der Waals surface area contributed by atoms with Crippen molar-refractivity contribution >= 4 is 27.5 Å². The molecule has 0 aliphatic carbocycles. The van der Waals surface area contributed by atoms with Crippen molar-refractivity contribution in [3.8, 4) is 11.5 Å². The van der Waals surface area contributed by atoms with E-state index in [4.69, 9.17) is 9.47 Å². The Bertz CT molecular complexity index is 1500. The minimum atomic E-state index is -3.70. The molecule has 9 nitrogen and oxygen atoms in total. The number of anilines is 1. The molecule has 41 heavy (non-hydrogen) atoms. The van der Waals surface area contributed by atoms with Gasteiger partial charge in [0.2, 0.25) is 15.9 Å². The molecule has 1 atom stereocenters. The predicted octanol–water partition coefficient (Wildman–Crippen LogP) is 3.56. The van der Waals surface area contributed by atoms with E-state index in [1.807, 2.05) is 42.5 Å². The Morgan fingerprint density at radius 3 is 2.41 bits per heavy atom.